The third-order valence-electron chi connectivity index (χ3n) is 5.86. The molecule has 5 nitrogen and oxygen atoms in total. The second-order valence-corrected chi connectivity index (χ2v) is 9.03. The average molecular weight is 387 g/mol. The highest BCUT2D eigenvalue weighted by Gasteiger charge is 2.33. The van der Waals surface area contributed by atoms with E-state index in [1.54, 1.807) is 11.3 Å². The lowest BCUT2D eigenvalue weighted by molar-refractivity contribution is 0.0943. The first-order valence-corrected chi connectivity index (χ1v) is 11.1. The van der Waals surface area contributed by atoms with Gasteiger partial charge in [-0.2, -0.15) is 5.10 Å². The van der Waals surface area contributed by atoms with Gasteiger partial charge in [0.05, 0.1) is 6.54 Å². The summed E-state index contributed by atoms with van der Waals surface area (Å²) in [6, 6.07) is 4.61. The second-order valence-electron chi connectivity index (χ2n) is 7.99. The van der Waals surface area contributed by atoms with Gasteiger partial charge in [-0.15, -0.1) is 11.3 Å². The topological polar surface area (TPSA) is 50.2 Å². The lowest BCUT2D eigenvalue weighted by Gasteiger charge is -2.34. The molecule has 1 N–H and O–H groups in total. The van der Waals surface area contributed by atoms with Crippen molar-refractivity contribution in [3.63, 3.8) is 0 Å². The Bertz CT molecular complexity index is 778. The highest BCUT2D eigenvalue weighted by Crippen LogP contribution is 2.33. The second kappa shape index (κ2) is 8.15. The van der Waals surface area contributed by atoms with E-state index in [1.807, 2.05) is 23.2 Å². The molecule has 2 aromatic heterocycles. The maximum absolute atomic E-state index is 12.8. The first-order valence-electron chi connectivity index (χ1n) is 10.2. The molecular weight excluding hydrogens is 356 g/mol. The van der Waals surface area contributed by atoms with Gasteiger partial charge in [0.15, 0.2) is 5.69 Å². The van der Waals surface area contributed by atoms with E-state index < -0.39 is 0 Å². The van der Waals surface area contributed by atoms with Gasteiger partial charge in [0.2, 0.25) is 0 Å². The molecule has 0 bridgehead atoms. The number of amides is 1. The van der Waals surface area contributed by atoms with E-state index in [2.05, 4.69) is 28.3 Å². The Hall–Kier alpha value is -1.66. The Morgan fingerprint density at radius 2 is 2.26 bits per heavy atom. The molecule has 0 radical (unpaired) electrons. The number of carbonyl (C=O) groups excluding carboxylic acids is 1. The van der Waals surface area contributed by atoms with Crippen LogP contribution in [0, 0.1) is 5.92 Å². The van der Waals surface area contributed by atoms with Gasteiger partial charge in [0, 0.05) is 35.8 Å². The highest BCUT2D eigenvalue weighted by atomic mass is 32.1. The van der Waals surface area contributed by atoms with Crippen LogP contribution in [0.4, 0.5) is 0 Å². The van der Waals surface area contributed by atoms with Crippen LogP contribution in [0.5, 0.6) is 0 Å². The zero-order valence-corrected chi connectivity index (χ0v) is 17.2. The van der Waals surface area contributed by atoms with Gasteiger partial charge < -0.3 is 5.32 Å². The summed E-state index contributed by atoms with van der Waals surface area (Å²) in [7, 11) is 1.98. The summed E-state index contributed by atoms with van der Waals surface area (Å²) in [5.41, 5.74) is 3.06. The van der Waals surface area contributed by atoms with Gasteiger partial charge in [-0.3, -0.25) is 14.4 Å². The van der Waals surface area contributed by atoms with E-state index in [9.17, 15) is 4.79 Å². The van der Waals surface area contributed by atoms with Crippen LogP contribution < -0.4 is 5.32 Å². The molecule has 6 heteroatoms. The van der Waals surface area contributed by atoms with Gasteiger partial charge in [-0.1, -0.05) is 13.0 Å². The molecule has 1 atom stereocenters. The molecule has 0 saturated heterocycles. The third-order valence-corrected chi connectivity index (χ3v) is 6.74. The minimum Gasteiger partial charge on any atom is -0.346 e. The SMILES string of the molecule is CCCN(CC1CC1)[C@H]1CCc2c(c(C(=O)NCc3cccs3)nn2C)C1. The number of aryl methyl sites for hydroxylation is 1. The van der Waals surface area contributed by atoms with Crippen molar-refractivity contribution in [1.82, 2.24) is 20.0 Å². The van der Waals surface area contributed by atoms with Crippen molar-refractivity contribution in [2.75, 3.05) is 13.1 Å². The molecule has 0 unspecified atom stereocenters. The summed E-state index contributed by atoms with van der Waals surface area (Å²) in [5.74, 6) is 0.866. The number of nitrogens with zero attached hydrogens (tertiary/aromatic N) is 3. The summed E-state index contributed by atoms with van der Waals surface area (Å²) in [4.78, 5) is 16.7. The lowest BCUT2D eigenvalue weighted by Crippen LogP contribution is -2.41. The molecule has 2 aliphatic carbocycles. The van der Waals surface area contributed by atoms with Crippen LogP contribution in [-0.2, 0) is 26.4 Å². The third kappa shape index (κ3) is 4.27. The fourth-order valence-corrected chi connectivity index (χ4v) is 4.92. The number of thiophene rings is 1. The van der Waals surface area contributed by atoms with E-state index >= 15 is 0 Å². The smallest absolute Gasteiger partial charge is 0.272 e. The monoisotopic (exact) mass is 386 g/mol. The van der Waals surface area contributed by atoms with Gasteiger partial charge in [0.25, 0.3) is 5.91 Å². The summed E-state index contributed by atoms with van der Waals surface area (Å²) < 4.78 is 1.93. The summed E-state index contributed by atoms with van der Waals surface area (Å²) in [5, 5.41) is 9.69. The number of aromatic nitrogens is 2. The minimum atomic E-state index is -0.0369. The molecule has 0 aliphatic heterocycles. The van der Waals surface area contributed by atoms with Crippen molar-refractivity contribution in [3.05, 3.63) is 39.3 Å². The summed E-state index contributed by atoms with van der Waals surface area (Å²) >= 11 is 1.67. The van der Waals surface area contributed by atoms with Crippen molar-refractivity contribution < 1.29 is 4.79 Å². The molecule has 27 heavy (non-hydrogen) atoms. The molecular formula is C21H30N4OS. The van der Waals surface area contributed by atoms with E-state index in [-0.39, 0.29) is 5.91 Å². The van der Waals surface area contributed by atoms with E-state index in [0.717, 1.165) is 25.3 Å². The Morgan fingerprint density at radius 3 is 2.96 bits per heavy atom. The first-order chi connectivity index (χ1) is 13.2. The molecule has 2 heterocycles. The highest BCUT2D eigenvalue weighted by molar-refractivity contribution is 7.09. The number of rotatable bonds is 8. The van der Waals surface area contributed by atoms with Gasteiger partial charge in [-0.05, 0) is 62.4 Å². The lowest BCUT2D eigenvalue weighted by atomic mass is 9.90. The van der Waals surface area contributed by atoms with Crippen LogP contribution in [0.2, 0.25) is 0 Å². The summed E-state index contributed by atoms with van der Waals surface area (Å²) in [6.07, 6.45) is 7.12. The number of fused-ring (bicyclic) bond motifs is 1. The number of hydrogen-bond acceptors (Lipinski definition) is 4. The molecule has 1 fully saturated rings. The quantitative estimate of drug-likeness (QED) is 0.757. The minimum absolute atomic E-state index is 0.0369. The molecule has 146 valence electrons. The zero-order chi connectivity index (χ0) is 18.8. The molecule has 0 aromatic carbocycles. The zero-order valence-electron chi connectivity index (χ0n) is 16.4. The van der Waals surface area contributed by atoms with E-state index in [4.69, 9.17) is 0 Å². The van der Waals surface area contributed by atoms with Crippen LogP contribution in [0.3, 0.4) is 0 Å². The van der Waals surface area contributed by atoms with Crippen molar-refractivity contribution in [2.24, 2.45) is 13.0 Å². The van der Waals surface area contributed by atoms with Crippen molar-refractivity contribution in [2.45, 2.75) is 58.0 Å². The van der Waals surface area contributed by atoms with Crippen LogP contribution >= 0.6 is 11.3 Å². The fraction of sp³-hybridized carbons (Fsp3) is 0.619. The average Bonchev–Trinajstić information content (AvgIpc) is 3.22. The number of hydrogen-bond donors (Lipinski definition) is 1. The Kier molecular flexibility index (Phi) is 5.64. The fourth-order valence-electron chi connectivity index (χ4n) is 4.27. The molecule has 2 aromatic rings. The Labute approximate surface area is 165 Å². The van der Waals surface area contributed by atoms with Crippen molar-refractivity contribution in [1.29, 1.82) is 0 Å². The molecule has 1 amide bonds. The molecule has 0 spiro atoms. The van der Waals surface area contributed by atoms with Gasteiger partial charge in [-0.25, -0.2) is 0 Å². The summed E-state index contributed by atoms with van der Waals surface area (Å²) in [6.45, 7) is 5.24. The maximum atomic E-state index is 12.8. The van der Waals surface area contributed by atoms with Crippen molar-refractivity contribution >= 4 is 17.2 Å². The van der Waals surface area contributed by atoms with Gasteiger partial charge in [0.1, 0.15) is 0 Å². The normalized spacial score (nSPS) is 19.3. The predicted molar refractivity (Wildman–Crippen MR) is 109 cm³/mol. The maximum Gasteiger partial charge on any atom is 0.272 e. The molecule has 2 aliphatic rings. The van der Waals surface area contributed by atoms with Crippen molar-refractivity contribution in [3.8, 4) is 0 Å². The van der Waals surface area contributed by atoms with Gasteiger partial charge >= 0.3 is 0 Å². The number of nitrogens with one attached hydrogen (secondary N) is 1. The van der Waals surface area contributed by atoms with Crippen LogP contribution in [0.25, 0.3) is 0 Å². The number of carbonyl (C=O) groups is 1. The largest absolute Gasteiger partial charge is 0.346 e. The predicted octanol–water partition coefficient (Wildman–Crippen LogP) is 3.39. The van der Waals surface area contributed by atoms with Crippen LogP contribution in [-0.4, -0.2) is 39.7 Å². The molecule has 1 saturated carbocycles. The standard InChI is InChI=1S/C21H30N4OS/c1-3-10-25(14-15-6-7-15)16-8-9-19-18(12-16)20(23-24(19)2)21(26)22-13-17-5-4-11-27-17/h4-5,11,15-16H,3,6-10,12-14H2,1-2H3,(H,22,26)/t16-/m0/s1. The van der Waals surface area contributed by atoms with E-state index in [1.165, 1.54) is 48.4 Å². The Morgan fingerprint density at radius 1 is 1.41 bits per heavy atom. The Balaban J connectivity index is 1.48. The molecule has 4 rings (SSSR count). The van der Waals surface area contributed by atoms with Crippen LogP contribution in [0.1, 0.15) is 59.2 Å². The van der Waals surface area contributed by atoms with Crippen LogP contribution in [0.15, 0.2) is 17.5 Å². The first kappa shape index (κ1) is 18.7. The van der Waals surface area contributed by atoms with E-state index in [0.29, 0.717) is 18.3 Å².